The first kappa shape index (κ1) is 14.1. The number of nitrogens with zero attached hydrogens (tertiary/aromatic N) is 2. The molecule has 0 fully saturated rings. The molecule has 1 aromatic rings. The summed E-state index contributed by atoms with van der Waals surface area (Å²) in [6.07, 6.45) is 0. The van der Waals surface area contributed by atoms with Crippen LogP contribution in [-0.2, 0) is 0 Å². The van der Waals surface area contributed by atoms with E-state index in [4.69, 9.17) is 0 Å². The Hall–Kier alpha value is -0.963. The molecule has 0 amide bonds. The highest BCUT2D eigenvalue weighted by atomic mass is 28.1. The van der Waals surface area contributed by atoms with Crippen LogP contribution in [0.1, 0.15) is 27.7 Å². The Labute approximate surface area is 109 Å². The highest BCUT2D eigenvalue weighted by Gasteiger charge is 2.14. The van der Waals surface area contributed by atoms with Gasteiger partial charge in [0.05, 0.1) is 11.4 Å². The van der Waals surface area contributed by atoms with Gasteiger partial charge in [-0.15, -0.1) is 0 Å². The number of anilines is 2. The Morgan fingerprint density at radius 1 is 0.882 bits per heavy atom. The van der Waals surface area contributed by atoms with Gasteiger partial charge in [-0.05, 0) is 38.9 Å². The van der Waals surface area contributed by atoms with E-state index < -0.39 is 0 Å². The second-order valence-electron chi connectivity index (χ2n) is 4.29. The van der Waals surface area contributed by atoms with Crippen LogP contribution in [0.5, 0.6) is 0 Å². The molecule has 0 radical (unpaired) electrons. The van der Waals surface area contributed by atoms with Gasteiger partial charge in [0.15, 0.2) is 0 Å². The van der Waals surface area contributed by atoms with Crippen molar-refractivity contribution >= 4 is 26.8 Å². The summed E-state index contributed by atoms with van der Waals surface area (Å²) >= 11 is 0. The van der Waals surface area contributed by atoms with Crippen molar-refractivity contribution < 1.29 is 0 Å². The van der Waals surface area contributed by atoms with Gasteiger partial charge in [0.25, 0.3) is 0 Å². The van der Waals surface area contributed by atoms with Gasteiger partial charge in [-0.25, -0.2) is 0 Å². The zero-order valence-corrected chi connectivity index (χ0v) is 14.0. The van der Waals surface area contributed by atoms with E-state index in [9.17, 15) is 0 Å². The molecule has 0 bridgehead atoms. The SMILES string of the molecule is CCN(CC)c1cccc([SiH3])c1N(CC)CC. The van der Waals surface area contributed by atoms with Crippen LogP contribution in [0.15, 0.2) is 18.2 Å². The lowest BCUT2D eigenvalue weighted by Crippen LogP contribution is -2.32. The smallest absolute Gasteiger partial charge is 0.0602 e. The van der Waals surface area contributed by atoms with Gasteiger partial charge in [0.1, 0.15) is 0 Å². The van der Waals surface area contributed by atoms with E-state index >= 15 is 0 Å². The van der Waals surface area contributed by atoms with Crippen LogP contribution in [0.2, 0.25) is 0 Å². The molecule has 1 rings (SSSR count). The molecule has 0 aliphatic heterocycles. The second kappa shape index (κ2) is 6.69. The molecule has 3 heteroatoms. The van der Waals surface area contributed by atoms with Crippen molar-refractivity contribution in [3.63, 3.8) is 0 Å². The van der Waals surface area contributed by atoms with Crippen molar-refractivity contribution in [2.24, 2.45) is 0 Å². The third-order valence-electron chi connectivity index (χ3n) is 3.40. The maximum atomic E-state index is 2.48. The number of benzene rings is 1. The summed E-state index contributed by atoms with van der Waals surface area (Å²) in [5, 5.41) is 1.51. The van der Waals surface area contributed by atoms with Crippen LogP contribution < -0.4 is 15.0 Å². The van der Waals surface area contributed by atoms with Crippen molar-refractivity contribution in [3.8, 4) is 0 Å². The fourth-order valence-electron chi connectivity index (χ4n) is 2.41. The minimum absolute atomic E-state index is 1.08. The first-order valence-electron chi connectivity index (χ1n) is 6.78. The minimum atomic E-state index is 1.08. The van der Waals surface area contributed by atoms with Crippen LogP contribution in [0.4, 0.5) is 11.4 Å². The van der Waals surface area contributed by atoms with Crippen molar-refractivity contribution in [1.82, 2.24) is 0 Å². The molecule has 0 atom stereocenters. The topological polar surface area (TPSA) is 6.48 Å². The molecule has 17 heavy (non-hydrogen) atoms. The molecule has 0 aromatic heterocycles. The fraction of sp³-hybridized carbons (Fsp3) is 0.571. The third-order valence-corrected chi connectivity index (χ3v) is 4.21. The molecule has 0 saturated carbocycles. The maximum Gasteiger partial charge on any atom is 0.0602 e. The predicted molar refractivity (Wildman–Crippen MR) is 83.1 cm³/mol. The Morgan fingerprint density at radius 2 is 1.41 bits per heavy atom. The van der Waals surface area contributed by atoms with Gasteiger partial charge < -0.3 is 9.80 Å². The average Bonchev–Trinajstić information content (AvgIpc) is 2.35. The molecule has 0 spiro atoms. The zero-order valence-electron chi connectivity index (χ0n) is 12.0. The summed E-state index contributed by atoms with van der Waals surface area (Å²) in [4.78, 5) is 4.94. The molecule has 0 saturated heterocycles. The minimum Gasteiger partial charge on any atom is -0.371 e. The molecule has 0 heterocycles. The highest BCUT2D eigenvalue weighted by molar-refractivity contribution is 6.36. The van der Waals surface area contributed by atoms with Crippen molar-refractivity contribution in [1.29, 1.82) is 0 Å². The zero-order chi connectivity index (χ0) is 12.8. The summed E-state index contributed by atoms with van der Waals surface area (Å²) in [7, 11) is 1.11. The van der Waals surface area contributed by atoms with Crippen molar-refractivity contribution in [3.05, 3.63) is 18.2 Å². The Bertz CT molecular complexity index is 344. The normalized spacial score (nSPS) is 10.6. The summed E-state index contributed by atoms with van der Waals surface area (Å²) in [5.41, 5.74) is 2.87. The molecule has 0 aliphatic carbocycles. The van der Waals surface area contributed by atoms with E-state index in [1.54, 1.807) is 0 Å². The quantitative estimate of drug-likeness (QED) is 0.704. The lowest BCUT2D eigenvalue weighted by atomic mass is 10.2. The predicted octanol–water partition coefficient (Wildman–Crippen LogP) is 1.37. The molecular weight excluding hydrogens is 224 g/mol. The van der Waals surface area contributed by atoms with E-state index in [1.807, 2.05) is 0 Å². The van der Waals surface area contributed by atoms with Gasteiger partial charge in [-0.1, -0.05) is 12.1 Å². The standard InChI is InChI=1S/C14H26N2Si/c1-5-15(6-2)12-10-9-11-13(17)14(12)16(7-3)8-4/h9-11H,5-8H2,1-4,17H3. The Balaban J connectivity index is 3.24. The Morgan fingerprint density at radius 3 is 1.88 bits per heavy atom. The third kappa shape index (κ3) is 3.03. The summed E-state index contributed by atoms with van der Waals surface area (Å²) < 4.78 is 0. The van der Waals surface area contributed by atoms with Crippen LogP contribution in [0.3, 0.4) is 0 Å². The molecular formula is C14H26N2Si. The number of hydrogen-bond donors (Lipinski definition) is 0. The first-order chi connectivity index (χ1) is 8.19. The maximum absolute atomic E-state index is 2.48. The first-order valence-corrected chi connectivity index (χ1v) is 7.78. The fourth-order valence-corrected chi connectivity index (χ4v) is 3.18. The van der Waals surface area contributed by atoms with E-state index in [0.29, 0.717) is 0 Å². The van der Waals surface area contributed by atoms with E-state index in [0.717, 1.165) is 36.4 Å². The van der Waals surface area contributed by atoms with E-state index in [2.05, 4.69) is 55.7 Å². The van der Waals surface area contributed by atoms with Crippen LogP contribution in [-0.4, -0.2) is 36.4 Å². The van der Waals surface area contributed by atoms with Gasteiger partial charge in [-0.2, -0.15) is 0 Å². The molecule has 96 valence electrons. The molecule has 1 aromatic carbocycles. The number of rotatable bonds is 6. The van der Waals surface area contributed by atoms with E-state index in [-0.39, 0.29) is 0 Å². The van der Waals surface area contributed by atoms with Gasteiger partial charge in [-0.3, -0.25) is 0 Å². The van der Waals surface area contributed by atoms with Crippen molar-refractivity contribution in [2.75, 3.05) is 36.0 Å². The summed E-state index contributed by atoms with van der Waals surface area (Å²) in [6.45, 7) is 13.3. The van der Waals surface area contributed by atoms with Crippen molar-refractivity contribution in [2.45, 2.75) is 27.7 Å². The van der Waals surface area contributed by atoms with Gasteiger partial charge in [0.2, 0.25) is 0 Å². The van der Waals surface area contributed by atoms with Crippen LogP contribution >= 0.6 is 0 Å². The van der Waals surface area contributed by atoms with E-state index in [1.165, 1.54) is 16.6 Å². The van der Waals surface area contributed by atoms with Gasteiger partial charge in [0, 0.05) is 36.4 Å². The highest BCUT2D eigenvalue weighted by Crippen LogP contribution is 2.26. The number of hydrogen-bond acceptors (Lipinski definition) is 2. The molecule has 0 aliphatic rings. The lowest BCUT2D eigenvalue weighted by molar-refractivity contribution is 0.835. The monoisotopic (exact) mass is 250 g/mol. The lowest BCUT2D eigenvalue weighted by Gasteiger charge is -2.31. The molecule has 0 unspecified atom stereocenters. The number of para-hydroxylation sites is 1. The summed E-state index contributed by atoms with van der Waals surface area (Å²) in [5.74, 6) is 0. The van der Waals surface area contributed by atoms with Crippen LogP contribution in [0, 0.1) is 0 Å². The Kier molecular flexibility index (Phi) is 5.55. The average molecular weight is 250 g/mol. The van der Waals surface area contributed by atoms with Gasteiger partial charge >= 0.3 is 0 Å². The van der Waals surface area contributed by atoms with Crippen LogP contribution in [0.25, 0.3) is 0 Å². The molecule has 0 N–H and O–H groups in total. The largest absolute Gasteiger partial charge is 0.371 e. The molecule has 2 nitrogen and oxygen atoms in total. The second-order valence-corrected chi connectivity index (χ2v) is 5.36. The summed E-state index contributed by atoms with van der Waals surface area (Å²) in [6, 6.07) is 6.73.